The van der Waals surface area contributed by atoms with E-state index in [9.17, 15) is 22.9 Å². The second-order valence-corrected chi connectivity index (χ2v) is 17.3. The van der Waals surface area contributed by atoms with Crippen LogP contribution in [0.1, 0.15) is 12.0 Å². The van der Waals surface area contributed by atoms with Gasteiger partial charge in [0, 0.05) is 78.1 Å². The molecule has 306 valence electrons. The topological polar surface area (TPSA) is 146 Å². The molecule has 1 aromatic heterocycles. The fraction of sp³-hybridized carbons (Fsp3) is 0.256. The first-order chi connectivity index (χ1) is 28.7. The van der Waals surface area contributed by atoms with Gasteiger partial charge in [0.25, 0.3) is 15.7 Å². The summed E-state index contributed by atoms with van der Waals surface area (Å²) in [5.74, 6) is 0.633. The van der Waals surface area contributed by atoms with Gasteiger partial charge < -0.3 is 15.5 Å². The molecule has 1 atom stereocenters. The first-order valence-electron chi connectivity index (χ1n) is 19.2. The molecule has 1 unspecified atom stereocenters. The second kappa shape index (κ2) is 19.6. The van der Waals surface area contributed by atoms with Gasteiger partial charge in [-0.15, -0.1) is 11.8 Å². The number of aromatic nitrogens is 2. The van der Waals surface area contributed by atoms with Crippen LogP contribution in [0.3, 0.4) is 0 Å². The van der Waals surface area contributed by atoms with E-state index in [-0.39, 0.29) is 34.7 Å². The van der Waals surface area contributed by atoms with Gasteiger partial charge >= 0.3 is 0 Å². The van der Waals surface area contributed by atoms with Crippen molar-refractivity contribution in [2.75, 3.05) is 66.6 Å². The summed E-state index contributed by atoms with van der Waals surface area (Å²) in [6.45, 7) is 4.33. The predicted molar refractivity (Wildman–Crippen MR) is 236 cm³/mol. The van der Waals surface area contributed by atoms with Gasteiger partial charge in [-0.2, -0.15) is 0 Å². The van der Waals surface area contributed by atoms with Crippen LogP contribution in [0.2, 0.25) is 5.02 Å². The predicted octanol–water partition coefficient (Wildman–Crippen LogP) is 8.50. The van der Waals surface area contributed by atoms with Crippen molar-refractivity contribution in [3.63, 3.8) is 0 Å². The molecule has 0 saturated carbocycles. The van der Waals surface area contributed by atoms with Crippen LogP contribution in [0.5, 0.6) is 0 Å². The third kappa shape index (κ3) is 10.8. The Morgan fingerprint density at radius 3 is 2.41 bits per heavy atom. The summed E-state index contributed by atoms with van der Waals surface area (Å²) in [4.78, 5) is 25.8. The molecule has 12 nitrogen and oxygen atoms in total. The second-order valence-electron chi connectivity index (χ2n) is 14.1. The van der Waals surface area contributed by atoms with E-state index in [1.54, 1.807) is 17.8 Å². The van der Waals surface area contributed by atoms with E-state index in [4.69, 9.17) is 11.6 Å². The number of nitrogens with zero attached hydrogens (tertiary/aromatic N) is 5. The van der Waals surface area contributed by atoms with E-state index >= 15 is 0 Å². The summed E-state index contributed by atoms with van der Waals surface area (Å²) in [6.07, 6.45) is 1.85. The number of anilines is 3. The number of hydrogen-bond acceptors (Lipinski definition) is 11. The summed E-state index contributed by atoms with van der Waals surface area (Å²) in [7, 11) is -4.30. The van der Waals surface area contributed by atoms with Crippen LogP contribution in [-0.2, 0) is 16.6 Å². The van der Waals surface area contributed by atoms with E-state index < -0.39 is 21.6 Å². The lowest BCUT2D eigenvalue weighted by atomic mass is 9.99. The molecule has 1 aliphatic heterocycles. The van der Waals surface area contributed by atoms with E-state index in [2.05, 4.69) is 59.4 Å². The van der Waals surface area contributed by atoms with Gasteiger partial charge in [-0.25, -0.2) is 22.8 Å². The van der Waals surface area contributed by atoms with Crippen molar-refractivity contribution >= 4 is 67.2 Å². The number of fused-ring (bicyclic) bond motifs is 1. The van der Waals surface area contributed by atoms with Crippen molar-refractivity contribution in [2.45, 2.75) is 28.8 Å². The number of nitro groups is 1. The van der Waals surface area contributed by atoms with E-state index in [1.165, 1.54) is 29.6 Å². The molecular formula is C43H44ClFN8O4S2. The van der Waals surface area contributed by atoms with Crippen molar-refractivity contribution < 1.29 is 17.7 Å². The number of nitrogens with one attached hydrogen (secondary N) is 3. The number of nitro benzene ring substituents is 1. The van der Waals surface area contributed by atoms with Gasteiger partial charge in [-0.1, -0.05) is 66.2 Å². The number of halogens is 2. The quantitative estimate of drug-likeness (QED) is 0.0331. The molecule has 0 spiro atoms. The van der Waals surface area contributed by atoms with Gasteiger partial charge in [0.15, 0.2) is 5.82 Å². The van der Waals surface area contributed by atoms with Crippen molar-refractivity contribution in [1.29, 1.82) is 0 Å². The largest absolute Gasteiger partial charge is 0.376 e. The molecule has 1 fully saturated rings. The molecule has 2 heterocycles. The lowest BCUT2D eigenvalue weighted by Gasteiger charge is -2.36. The molecule has 0 radical (unpaired) electrons. The molecule has 0 amide bonds. The maximum absolute atomic E-state index is 13.7. The van der Waals surface area contributed by atoms with E-state index in [1.807, 2.05) is 66.7 Å². The minimum Gasteiger partial charge on any atom is -0.376 e. The van der Waals surface area contributed by atoms with Gasteiger partial charge in [0.2, 0.25) is 0 Å². The van der Waals surface area contributed by atoms with Crippen LogP contribution in [0.4, 0.5) is 27.3 Å². The van der Waals surface area contributed by atoms with E-state index in [0.29, 0.717) is 34.6 Å². The molecule has 16 heteroatoms. The smallest absolute Gasteiger partial charge is 0.293 e. The minimum absolute atomic E-state index is 0.0642. The van der Waals surface area contributed by atoms with E-state index in [0.717, 1.165) is 54.9 Å². The summed E-state index contributed by atoms with van der Waals surface area (Å²) in [5.41, 5.74) is 4.88. The molecule has 0 aliphatic carbocycles. The van der Waals surface area contributed by atoms with Crippen LogP contribution in [0.15, 0.2) is 131 Å². The SMILES string of the molecule is O=[N+]([O-])c1cc(S(=O)(=O)Nc2ncnc3cc(N4CCN(Cc5ccccc5-c5ccc(Cl)cc5)CC4)ccc23)ccc1NC(CCNCCF)CSc1ccccc1. The average Bonchev–Trinajstić information content (AvgIpc) is 3.25. The third-order valence-corrected chi connectivity index (χ3v) is 12.9. The highest BCUT2D eigenvalue weighted by atomic mass is 35.5. The summed E-state index contributed by atoms with van der Waals surface area (Å²) >= 11 is 7.72. The zero-order valence-electron chi connectivity index (χ0n) is 32.1. The maximum atomic E-state index is 13.7. The monoisotopic (exact) mass is 854 g/mol. The summed E-state index contributed by atoms with van der Waals surface area (Å²) < 4.78 is 42.7. The number of alkyl halides is 1. The Hall–Kier alpha value is -5.32. The van der Waals surface area contributed by atoms with Crippen LogP contribution in [0, 0.1) is 10.1 Å². The summed E-state index contributed by atoms with van der Waals surface area (Å²) in [6, 6.07) is 35.3. The van der Waals surface area contributed by atoms with Crippen molar-refractivity contribution in [3.05, 3.63) is 142 Å². The first-order valence-corrected chi connectivity index (χ1v) is 22.1. The molecule has 3 N–H and O–H groups in total. The Bertz CT molecular complexity index is 2480. The van der Waals surface area contributed by atoms with Gasteiger partial charge in [-0.05, 0) is 84.3 Å². The minimum atomic E-state index is -4.30. The molecule has 5 aromatic carbocycles. The Balaban J connectivity index is 1.02. The zero-order chi connectivity index (χ0) is 41.2. The Morgan fingerprint density at radius 2 is 1.64 bits per heavy atom. The number of thioether (sulfide) groups is 1. The Labute approximate surface area is 352 Å². The van der Waals surface area contributed by atoms with Crippen LogP contribution in [-0.4, -0.2) is 85.9 Å². The van der Waals surface area contributed by atoms with Gasteiger partial charge in [0.05, 0.1) is 15.3 Å². The standard InChI is InChI=1S/C43H44ClFN8O4S2/c44-33-12-10-31(11-13-33)38-9-5-4-6-32(38)28-51-22-24-52(25-23-51)35-14-16-39-41(26-35)47-30-48-43(39)50-59(56,57)37-15-17-40(42(27-37)53(54)55)49-34(18-20-46-21-19-45)29-58-36-7-2-1-3-8-36/h1-17,26-27,30,34,46,49H,18-25,28-29H2,(H,47,48,50). The molecule has 6 aromatic rings. The number of benzene rings is 5. The molecule has 0 bridgehead atoms. The molecule has 1 aliphatic rings. The lowest BCUT2D eigenvalue weighted by Crippen LogP contribution is -2.46. The van der Waals surface area contributed by atoms with Crippen LogP contribution >= 0.6 is 23.4 Å². The Morgan fingerprint density at radius 1 is 0.881 bits per heavy atom. The van der Waals surface area contributed by atoms with Crippen molar-refractivity contribution in [2.24, 2.45) is 0 Å². The number of hydrogen-bond donors (Lipinski definition) is 3. The highest BCUT2D eigenvalue weighted by Crippen LogP contribution is 2.33. The number of sulfonamides is 1. The number of rotatable bonds is 18. The van der Waals surface area contributed by atoms with Crippen LogP contribution in [0.25, 0.3) is 22.0 Å². The van der Waals surface area contributed by atoms with Gasteiger partial charge in [0.1, 0.15) is 18.7 Å². The molecule has 59 heavy (non-hydrogen) atoms. The third-order valence-electron chi connectivity index (χ3n) is 10.1. The molecule has 1 saturated heterocycles. The normalized spacial score (nSPS) is 14.0. The fourth-order valence-electron chi connectivity index (χ4n) is 7.03. The fourth-order valence-corrected chi connectivity index (χ4v) is 9.20. The zero-order valence-corrected chi connectivity index (χ0v) is 34.5. The molecular weight excluding hydrogens is 811 g/mol. The van der Waals surface area contributed by atoms with Gasteiger partial charge in [-0.3, -0.25) is 19.7 Å². The summed E-state index contributed by atoms with van der Waals surface area (Å²) in [5, 5.41) is 19.8. The Kier molecular flexibility index (Phi) is 13.9. The van der Waals surface area contributed by atoms with Crippen molar-refractivity contribution in [3.8, 4) is 11.1 Å². The maximum Gasteiger partial charge on any atom is 0.293 e. The first kappa shape index (κ1) is 41.8. The highest BCUT2D eigenvalue weighted by molar-refractivity contribution is 7.99. The highest BCUT2D eigenvalue weighted by Gasteiger charge is 2.25. The lowest BCUT2D eigenvalue weighted by molar-refractivity contribution is -0.384. The number of piperazine rings is 1. The van der Waals surface area contributed by atoms with Crippen LogP contribution < -0.4 is 20.3 Å². The van der Waals surface area contributed by atoms with Crippen molar-refractivity contribution in [1.82, 2.24) is 20.2 Å². The molecule has 7 rings (SSSR count). The average molecular weight is 855 g/mol.